The molecular weight excluding hydrogens is 380 g/mol. The second-order valence-electron chi connectivity index (χ2n) is 6.76. The van der Waals surface area contributed by atoms with Crippen LogP contribution >= 0.6 is 0 Å². The van der Waals surface area contributed by atoms with Crippen molar-refractivity contribution in [2.24, 2.45) is 0 Å². The molecule has 0 atom stereocenters. The van der Waals surface area contributed by atoms with Crippen LogP contribution in [0.1, 0.15) is 45.5 Å². The highest BCUT2D eigenvalue weighted by Gasteiger charge is 2.28. The highest BCUT2D eigenvalue weighted by atomic mass is 32.2. The predicted octanol–water partition coefficient (Wildman–Crippen LogP) is 1.79. The van der Waals surface area contributed by atoms with Crippen molar-refractivity contribution in [3.63, 3.8) is 0 Å². The number of aryl methyl sites for hydroxylation is 1. The average molecular weight is 401 g/mol. The van der Waals surface area contributed by atoms with Gasteiger partial charge >= 0.3 is 0 Å². The molecule has 0 saturated carbocycles. The number of nitrogens with one attached hydrogen (secondary N) is 1. The number of piperidine rings is 1. The van der Waals surface area contributed by atoms with E-state index in [1.807, 2.05) is 0 Å². The molecule has 1 aliphatic rings. The summed E-state index contributed by atoms with van der Waals surface area (Å²) in [5.41, 5.74) is 1.20. The molecule has 8 heteroatoms. The molecule has 1 aliphatic heterocycles. The maximum atomic E-state index is 13.0. The number of sulfonamides is 1. The van der Waals surface area contributed by atoms with Gasteiger partial charge in [-0.2, -0.15) is 4.31 Å². The maximum Gasteiger partial charge on any atom is 0.255 e. The monoisotopic (exact) mass is 401 g/mol. The van der Waals surface area contributed by atoms with Crippen LogP contribution < -0.4 is 10.4 Å². The van der Waals surface area contributed by atoms with Gasteiger partial charge in [-0.3, -0.25) is 4.79 Å². The molecule has 2 aromatic rings. The van der Waals surface area contributed by atoms with E-state index >= 15 is 0 Å². The molecule has 0 bridgehead atoms. The lowest BCUT2D eigenvalue weighted by Crippen LogP contribution is -2.36. The topological polar surface area (TPSA) is 107 Å². The fraction of sp³-hybridized carbons (Fsp3) is 0.300. The predicted molar refractivity (Wildman–Crippen MR) is 103 cm³/mol. The van der Waals surface area contributed by atoms with Gasteiger partial charge in [0.1, 0.15) is 0 Å². The Labute approximate surface area is 164 Å². The van der Waals surface area contributed by atoms with Crippen LogP contribution in [0.5, 0.6) is 0 Å². The van der Waals surface area contributed by atoms with Crippen LogP contribution in [0.25, 0.3) is 0 Å². The first-order valence-electron chi connectivity index (χ1n) is 9.02. The van der Waals surface area contributed by atoms with Crippen LogP contribution in [0.2, 0.25) is 0 Å². The van der Waals surface area contributed by atoms with E-state index in [0.717, 1.165) is 19.3 Å². The van der Waals surface area contributed by atoms with Crippen molar-refractivity contribution in [2.75, 3.05) is 18.4 Å². The number of amides is 1. The van der Waals surface area contributed by atoms with E-state index in [9.17, 15) is 23.1 Å². The Morgan fingerprint density at radius 2 is 1.57 bits per heavy atom. The van der Waals surface area contributed by atoms with Gasteiger partial charge in [0.2, 0.25) is 10.0 Å². The molecule has 1 amide bonds. The van der Waals surface area contributed by atoms with Crippen LogP contribution in [-0.4, -0.2) is 37.7 Å². The van der Waals surface area contributed by atoms with Gasteiger partial charge in [0.25, 0.3) is 5.91 Å². The number of carbonyl (C=O) groups is 2. The molecule has 1 fully saturated rings. The molecule has 1 heterocycles. The van der Waals surface area contributed by atoms with E-state index in [4.69, 9.17) is 0 Å². The number of carboxylic acids is 1. The lowest BCUT2D eigenvalue weighted by molar-refractivity contribution is -0.255. The lowest BCUT2D eigenvalue weighted by Gasteiger charge is -2.26. The lowest BCUT2D eigenvalue weighted by atomic mass is 10.1. The number of carboxylic acid groups (broad SMARTS) is 1. The number of anilines is 1. The fourth-order valence-electron chi connectivity index (χ4n) is 3.16. The van der Waals surface area contributed by atoms with Gasteiger partial charge in [-0.05, 0) is 55.2 Å². The van der Waals surface area contributed by atoms with Crippen molar-refractivity contribution in [1.82, 2.24) is 4.31 Å². The van der Waals surface area contributed by atoms with E-state index in [1.54, 1.807) is 19.1 Å². The Morgan fingerprint density at radius 3 is 2.18 bits per heavy atom. The molecule has 0 radical (unpaired) electrons. The first-order chi connectivity index (χ1) is 13.3. The van der Waals surface area contributed by atoms with Gasteiger partial charge in [0.05, 0.1) is 10.9 Å². The quantitative estimate of drug-likeness (QED) is 0.822. The van der Waals surface area contributed by atoms with Crippen molar-refractivity contribution in [1.29, 1.82) is 0 Å². The molecule has 0 unspecified atom stereocenters. The SMILES string of the molecule is Cc1ccc(C(=O)Nc2ccc(C(=O)[O-])cc2)cc1S(=O)(=O)N1CCCCC1. The second kappa shape index (κ2) is 8.12. The summed E-state index contributed by atoms with van der Waals surface area (Å²) >= 11 is 0. The van der Waals surface area contributed by atoms with Crippen LogP contribution in [0.4, 0.5) is 5.69 Å². The molecule has 28 heavy (non-hydrogen) atoms. The minimum absolute atomic E-state index is 0.00301. The Kier molecular flexibility index (Phi) is 5.81. The smallest absolute Gasteiger partial charge is 0.255 e. The molecule has 1 N–H and O–H groups in total. The van der Waals surface area contributed by atoms with Crippen LogP contribution in [0.15, 0.2) is 47.4 Å². The van der Waals surface area contributed by atoms with Gasteiger partial charge in [0, 0.05) is 24.3 Å². The normalized spacial score (nSPS) is 15.2. The Hall–Kier alpha value is -2.71. The van der Waals surface area contributed by atoms with E-state index in [2.05, 4.69) is 5.32 Å². The zero-order valence-corrected chi connectivity index (χ0v) is 16.3. The summed E-state index contributed by atoms with van der Waals surface area (Å²) in [6.45, 7) is 2.68. The molecule has 0 aromatic heterocycles. The van der Waals surface area contributed by atoms with E-state index in [1.165, 1.54) is 34.6 Å². The van der Waals surface area contributed by atoms with Crippen molar-refractivity contribution in [3.05, 3.63) is 59.2 Å². The Morgan fingerprint density at radius 1 is 0.964 bits per heavy atom. The van der Waals surface area contributed by atoms with E-state index in [-0.39, 0.29) is 16.0 Å². The van der Waals surface area contributed by atoms with Crippen molar-refractivity contribution >= 4 is 27.6 Å². The third kappa shape index (κ3) is 4.23. The molecule has 1 saturated heterocycles. The summed E-state index contributed by atoms with van der Waals surface area (Å²) in [7, 11) is -3.66. The minimum atomic E-state index is -3.66. The molecule has 0 aliphatic carbocycles. The van der Waals surface area contributed by atoms with Gasteiger partial charge in [-0.25, -0.2) is 8.42 Å². The fourth-order valence-corrected chi connectivity index (χ4v) is 4.92. The second-order valence-corrected chi connectivity index (χ2v) is 8.67. The summed E-state index contributed by atoms with van der Waals surface area (Å²) in [6, 6.07) is 10.1. The maximum absolute atomic E-state index is 13.0. The number of benzene rings is 2. The number of aromatic carboxylic acids is 1. The van der Waals surface area contributed by atoms with Gasteiger partial charge in [-0.1, -0.05) is 24.6 Å². The average Bonchev–Trinajstić information content (AvgIpc) is 2.69. The third-order valence-corrected chi connectivity index (χ3v) is 6.80. The Balaban J connectivity index is 1.83. The first-order valence-corrected chi connectivity index (χ1v) is 10.5. The molecular formula is C20H21N2O5S-. The first kappa shape index (κ1) is 20.0. The number of hydrogen-bond donors (Lipinski definition) is 1. The summed E-state index contributed by atoms with van der Waals surface area (Å²) in [6.07, 6.45) is 2.69. The minimum Gasteiger partial charge on any atom is -0.545 e. The van der Waals surface area contributed by atoms with E-state index < -0.39 is 21.9 Å². The van der Waals surface area contributed by atoms with Crippen molar-refractivity contribution < 1.29 is 23.1 Å². The largest absolute Gasteiger partial charge is 0.545 e. The summed E-state index contributed by atoms with van der Waals surface area (Å²) in [4.78, 5) is 23.5. The number of hydrogen-bond acceptors (Lipinski definition) is 5. The van der Waals surface area contributed by atoms with Crippen LogP contribution in [-0.2, 0) is 10.0 Å². The number of nitrogens with zero attached hydrogens (tertiary/aromatic N) is 1. The summed E-state index contributed by atoms with van der Waals surface area (Å²) < 4.78 is 27.4. The zero-order chi connectivity index (χ0) is 20.3. The summed E-state index contributed by atoms with van der Waals surface area (Å²) in [5.74, 6) is -1.78. The number of rotatable bonds is 5. The molecule has 0 spiro atoms. The number of carbonyl (C=O) groups excluding carboxylic acids is 2. The highest BCUT2D eigenvalue weighted by molar-refractivity contribution is 7.89. The van der Waals surface area contributed by atoms with Crippen LogP contribution in [0.3, 0.4) is 0 Å². The zero-order valence-electron chi connectivity index (χ0n) is 15.5. The molecule has 148 valence electrons. The molecule has 3 rings (SSSR count). The van der Waals surface area contributed by atoms with E-state index in [0.29, 0.717) is 24.3 Å². The highest BCUT2D eigenvalue weighted by Crippen LogP contribution is 2.25. The van der Waals surface area contributed by atoms with Crippen molar-refractivity contribution in [2.45, 2.75) is 31.1 Å². The van der Waals surface area contributed by atoms with Gasteiger partial charge in [-0.15, -0.1) is 0 Å². The van der Waals surface area contributed by atoms with Gasteiger partial charge in [0.15, 0.2) is 0 Å². The standard InChI is InChI=1S/C20H22N2O5S/c1-14-5-6-16(13-18(14)28(26,27)22-11-3-2-4-12-22)19(23)21-17-9-7-15(8-10-17)20(24)25/h5-10,13H,2-4,11-12H2,1H3,(H,21,23)(H,24,25)/p-1. The summed E-state index contributed by atoms with van der Waals surface area (Å²) in [5, 5.41) is 13.4. The van der Waals surface area contributed by atoms with Crippen LogP contribution in [0, 0.1) is 6.92 Å². The third-order valence-electron chi connectivity index (χ3n) is 4.76. The van der Waals surface area contributed by atoms with Gasteiger partial charge < -0.3 is 15.2 Å². The molecule has 7 nitrogen and oxygen atoms in total. The Bertz CT molecular complexity index is 994. The molecule has 2 aromatic carbocycles. The van der Waals surface area contributed by atoms with Crippen molar-refractivity contribution in [3.8, 4) is 0 Å².